The van der Waals surface area contributed by atoms with Gasteiger partial charge >= 0.3 is 6.09 Å². The number of H-pyrrole nitrogens is 1. The molecule has 1 aliphatic heterocycles. The van der Waals surface area contributed by atoms with Crippen LogP contribution in [0.25, 0.3) is 27.5 Å². The zero-order valence-corrected chi connectivity index (χ0v) is 20.5. The lowest BCUT2D eigenvalue weighted by atomic mass is 9.79. The molecule has 0 spiro atoms. The number of hydrogen-bond acceptors (Lipinski definition) is 5. The SMILES string of the molecule is CC1(NS(=O)(=O)c2ccc3c(c2)[nH]c2ncnc(C4=CCN(C(=O)O)C(C(C)(C)C)C4)c23)CC1. The Morgan fingerprint density at radius 2 is 2.00 bits per heavy atom. The Hall–Kier alpha value is -2.98. The van der Waals surface area contributed by atoms with Crippen LogP contribution >= 0.6 is 0 Å². The Morgan fingerprint density at radius 3 is 2.65 bits per heavy atom. The van der Waals surface area contributed by atoms with Crippen molar-refractivity contribution < 1.29 is 18.3 Å². The fraction of sp³-hybridized carbons (Fsp3) is 0.458. The van der Waals surface area contributed by atoms with Crippen LogP contribution in [-0.2, 0) is 10.0 Å². The molecule has 2 aliphatic rings. The average Bonchev–Trinajstić information content (AvgIpc) is 3.35. The summed E-state index contributed by atoms with van der Waals surface area (Å²) in [6, 6.07) is 4.83. The number of amides is 1. The first-order valence-electron chi connectivity index (χ1n) is 11.4. The first-order chi connectivity index (χ1) is 15.9. The van der Waals surface area contributed by atoms with Gasteiger partial charge in [0.25, 0.3) is 0 Å². The van der Waals surface area contributed by atoms with E-state index in [4.69, 9.17) is 0 Å². The van der Waals surface area contributed by atoms with Crippen LogP contribution in [0.4, 0.5) is 4.79 Å². The van der Waals surface area contributed by atoms with Crippen LogP contribution < -0.4 is 4.72 Å². The first kappa shape index (κ1) is 22.8. The highest BCUT2D eigenvalue weighted by Crippen LogP contribution is 2.39. The summed E-state index contributed by atoms with van der Waals surface area (Å²) in [4.78, 5) is 25.7. The highest BCUT2D eigenvalue weighted by Gasteiger charge is 2.41. The highest BCUT2D eigenvalue weighted by molar-refractivity contribution is 7.89. The lowest BCUT2D eigenvalue weighted by molar-refractivity contribution is 0.0884. The van der Waals surface area contributed by atoms with E-state index in [1.54, 1.807) is 18.2 Å². The fourth-order valence-electron chi connectivity index (χ4n) is 4.71. The summed E-state index contributed by atoms with van der Waals surface area (Å²) in [6.45, 7) is 8.30. The molecule has 1 unspecified atom stereocenters. The molecule has 1 aliphatic carbocycles. The summed E-state index contributed by atoms with van der Waals surface area (Å²) in [7, 11) is -3.63. The van der Waals surface area contributed by atoms with Crippen molar-refractivity contribution in [2.45, 2.75) is 63.4 Å². The Bertz CT molecular complexity index is 1450. The average molecular weight is 484 g/mol. The summed E-state index contributed by atoms with van der Waals surface area (Å²) < 4.78 is 28.5. The van der Waals surface area contributed by atoms with E-state index in [0.717, 1.165) is 34.9 Å². The molecule has 1 amide bonds. The molecule has 10 heteroatoms. The molecule has 180 valence electrons. The van der Waals surface area contributed by atoms with Gasteiger partial charge in [-0.3, -0.25) is 0 Å². The number of nitrogens with one attached hydrogen (secondary N) is 2. The lowest BCUT2D eigenvalue weighted by Gasteiger charge is -2.41. The Balaban J connectivity index is 1.59. The Kier molecular flexibility index (Phi) is 5.04. The van der Waals surface area contributed by atoms with Crippen molar-refractivity contribution in [1.29, 1.82) is 0 Å². The lowest BCUT2D eigenvalue weighted by Crippen LogP contribution is -2.48. The predicted octanol–water partition coefficient (Wildman–Crippen LogP) is 4.12. The maximum absolute atomic E-state index is 12.9. The van der Waals surface area contributed by atoms with E-state index in [1.165, 1.54) is 11.2 Å². The third kappa shape index (κ3) is 3.94. The third-order valence-electron chi connectivity index (χ3n) is 6.93. The highest BCUT2D eigenvalue weighted by atomic mass is 32.2. The monoisotopic (exact) mass is 483 g/mol. The van der Waals surface area contributed by atoms with E-state index >= 15 is 0 Å². The molecule has 3 heterocycles. The van der Waals surface area contributed by atoms with Crippen molar-refractivity contribution in [3.05, 3.63) is 36.3 Å². The summed E-state index contributed by atoms with van der Waals surface area (Å²) in [5, 5.41) is 11.3. The van der Waals surface area contributed by atoms with Crippen LogP contribution in [0, 0.1) is 5.41 Å². The van der Waals surface area contributed by atoms with Crippen molar-refractivity contribution >= 4 is 43.6 Å². The van der Waals surface area contributed by atoms with Gasteiger partial charge in [0.2, 0.25) is 10.0 Å². The van der Waals surface area contributed by atoms with Crippen LogP contribution in [-0.4, -0.2) is 57.6 Å². The molecule has 2 aromatic heterocycles. The number of aromatic amines is 1. The van der Waals surface area contributed by atoms with E-state index in [9.17, 15) is 18.3 Å². The van der Waals surface area contributed by atoms with Gasteiger partial charge in [-0.15, -0.1) is 0 Å². The summed E-state index contributed by atoms with van der Waals surface area (Å²) in [5.74, 6) is 0. The van der Waals surface area contributed by atoms with Gasteiger partial charge < -0.3 is 15.0 Å². The second-order valence-corrected chi connectivity index (χ2v) is 12.4. The molecule has 1 saturated carbocycles. The summed E-state index contributed by atoms with van der Waals surface area (Å²) in [6.07, 6.45) is 4.67. The molecular weight excluding hydrogens is 454 g/mol. The van der Waals surface area contributed by atoms with Gasteiger partial charge in [-0.1, -0.05) is 32.9 Å². The van der Waals surface area contributed by atoms with Crippen molar-refractivity contribution in [3.63, 3.8) is 0 Å². The molecule has 34 heavy (non-hydrogen) atoms. The van der Waals surface area contributed by atoms with Crippen molar-refractivity contribution in [2.24, 2.45) is 5.41 Å². The Labute approximate surface area is 198 Å². The smallest absolute Gasteiger partial charge is 0.407 e. The predicted molar refractivity (Wildman–Crippen MR) is 130 cm³/mol. The minimum atomic E-state index is -3.63. The fourth-order valence-corrected chi connectivity index (χ4v) is 6.20. The molecule has 3 aromatic rings. The standard InChI is InChI=1S/C24H29N5O4S/c1-23(2,3)18-11-14(7-10-29(18)22(30)31)20-19-16-6-5-15(34(32,33)28-24(4)8-9-24)12-17(16)27-21(19)26-13-25-20/h5-7,12-13,18,28H,8-11H2,1-4H3,(H,30,31)(H,25,26,27). The Morgan fingerprint density at radius 1 is 1.26 bits per heavy atom. The van der Waals surface area contributed by atoms with E-state index in [2.05, 4.69) is 19.7 Å². The van der Waals surface area contributed by atoms with Gasteiger partial charge in [0.1, 0.15) is 12.0 Å². The van der Waals surface area contributed by atoms with Gasteiger partial charge in [-0.25, -0.2) is 27.9 Å². The topological polar surface area (TPSA) is 128 Å². The maximum Gasteiger partial charge on any atom is 0.407 e. The molecule has 1 aromatic carbocycles. The summed E-state index contributed by atoms with van der Waals surface area (Å²) in [5.41, 5.74) is 2.38. The molecule has 1 atom stereocenters. The van der Waals surface area contributed by atoms with Gasteiger partial charge in [-0.05, 0) is 49.3 Å². The number of rotatable bonds is 4. The van der Waals surface area contributed by atoms with E-state index in [0.29, 0.717) is 17.6 Å². The number of benzene rings is 1. The molecule has 3 N–H and O–H groups in total. The maximum atomic E-state index is 12.9. The second kappa shape index (κ2) is 7.51. The van der Waals surface area contributed by atoms with Crippen LogP contribution in [0.1, 0.15) is 52.7 Å². The molecule has 1 fully saturated rings. The van der Waals surface area contributed by atoms with Crippen LogP contribution in [0.15, 0.2) is 35.5 Å². The molecule has 9 nitrogen and oxygen atoms in total. The van der Waals surface area contributed by atoms with Crippen LogP contribution in [0.5, 0.6) is 0 Å². The number of aromatic nitrogens is 3. The minimum Gasteiger partial charge on any atom is -0.465 e. The van der Waals surface area contributed by atoms with Crippen molar-refractivity contribution in [2.75, 3.05) is 6.54 Å². The van der Waals surface area contributed by atoms with Crippen molar-refractivity contribution in [1.82, 2.24) is 24.6 Å². The van der Waals surface area contributed by atoms with Crippen LogP contribution in [0.3, 0.4) is 0 Å². The van der Waals surface area contributed by atoms with Gasteiger partial charge in [0.05, 0.1) is 16.0 Å². The van der Waals surface area contributed by atoms with E-state index in [1.807, 2.05) is 33.8 Å². The largest absolute Gasteiger partial charge is 0.465 e. The number of sulfonamides is 1. The molecule has 0 bridgehead atoms. The zero-order chi connectivity index (χ0) is 24.5. The molecular formula is C24H29N5O4S. The van der Waals surface area contributed by atoms with Gasteiger partial charge in [0.15, 0.2) is 0 Å². The molecule has 0 saturated heterocycles. The number of nitrogens with zero attached hydrogens (tertiary/aromatic N) is 3. The molecule has 5 rings (SSSR count). The normalized spacial score (nSPS) is 20.5. The van der Waals surface area contributed by atoms with E-state index in [-0.39, 0.29) is 28.4 Å². The van der Waals surface area contributed by atoms with E-state index < -0.39 is 16.1 Å². The summed E-state index contributed by atoms with van der Waals surface area (Å²) >= 11 is 0. The molecule has 0 radical (unpaired) electrons. The second-order valence-electron chi connectivity index (χ2n) is 10.7. The first-order valence-corrected chi connectivity index (χ1v) is 12.9. The zero-order valence-electron chi connectivity index (χ0n) is 19.7. The number of carboxylic acid groups (broad SMARTS) is 1. The van der Waals surface area contributed by atoms with Gasteiger partial charge in [-0.2, -0.15) is 0 Å². The van der Waals surface area contributed by atoms with Crippen molar-refractivity contribution in [3.8, 4) is 0 Å². The minimum absolute atomic E-state index is 0.202. The van der Waals surface area contributed by atoms with Gasteiger partial charge in [0, 0.05) is 29.0 Å². The number of carbonyl (C=O) groups is 1. The third-order valence-corrected chi connectivity index (χ3v) is 8.56. The number of hydrogen-bond donors (Lipinski definition) is 3. The number of fused-ring (bicyclic) bond motifs is 3. The quantitative estimate of drug-likeness (QED) is 0.512. The van der Waals surface area contributed by atoms with Crippen LogP contribution in [0.2, 0.25) is 0 Å².